The summed E-state index contributed by atoms with van der Waals surface area (Å²) in [5.74, 6) is 1.30. The molecule has 15 heavy (non-hydrogen) atoms. The van der Waals surface area contributed by atoms with E-state index in [1.54, 1.807) is 12.5 Å². The minimum absolute atomic E-state index is 0.435. The number of para-hydroxylation sites is 2. The van der Waals surface area contributed by atoms with Gasteiger partial charge in [-0.1, -0.05) is 35.1 Å². The van der Waals surface area contributed by atoms with Gasteiger partial charge in [0.15, 0.2) is 11.5 Å². The number of halogens is 1. The first kappa shape index (κ1) is 10.3. The summed E-state index contributed by atoms with van der Waals surface area (Å²) in [6.07, 6.45) is 0. The molecule has 78 valence electrons. The Kier molecular flexibility index (Phi) is 3.08. The zero-order valence-electron chi connectivity index (χ0n) is 7.94. The number of hydrogen-bond acceptors (Lipinski definition) is 4. The Morgan fingerprint density at radius 1 is 1.27 bits per heavy atom. The molecule has 0 aliphatic rings. The third kappa shape index (κ3) is 2.40. The molecule has 0 amide bonds. The average molecular weight is 242 g/mol. The lowest BCUT2D eigenvalue weighted by molar-refractivity contribution is 0.378. The van der Waals surface area contributed by atoms with Gasteiger partial charge in [0.1, 0.15) is 5.15 Å². The van der Waals surface area contributed by atoms with Gasteiger partial charge in [-0.3, -0.25) is 0 Å². The van der Waals surface area contributed by atoms with Crippen LogP contribution in [0.25, 0.3) is 0 Å². The second-order valence-electron chi connectivity index (χ2n) is 2.69. The fourth-order valence-corrected chi connectivity index (χ4v) is 1.88. The molecule has 3 nitrogen and oxygen atoms in total. The number of hydrogen-bond donors (Lipinski definition) is 0. The number of nitrogens with zero attached hydrogens (tertiary/aromatic N) is 1. The van der Waals surface area contributed by atoms with Crippen molar-refractivity contribution >= 4 is 22.9 Å². The maximum Gasteiger partial charge on any atom is 0.280 e. The molecule has 0 unspecified atom stereocenters. The van der Waals surface area contributed by atoms with E-state index in [0.717, 1.165) is 0 Å². The third-order valence-electron chi connectivity index (χ3n) is 1.72. The van der Waals surface area contributed by atoms with Crippen LogP contribution in [0, 0.1) is 0 Å². The van der Waals surface area contributed by atoms with Crippen molar-refractivity contribution in [2.75, 3.05) is 7.11 Å². The summed E-state index contributed by atoms with van der Waals surface area (Å²) in [6.45, 7) is 0. The lowest BCUT2D eigenvalue weighted by Gasteiger charge is -2.06. The Morgan fingerprint density at radius 3 is 2.60 bits per heavy atom. The van der Waals surface area contributed by atoms with Crippen molar-refractivity contribution in [3.63, 3.8) is 0 Å². The van der Waals surface area contributed by atoms with E-state index >= 15 is 0 Å². The zero-order chi connectivity index (χ0) is 10.7. The Morgan fingerprint density at radius 2 is 2.00 bits per heavy atom. The summed E-state index contributed by atoms with van der Waals surface area (Å²) in [4.78, 5) is 3.99. The van der Waals surface area contributed by atoms with Crippen LogP contribution in [-0.4, -0.2) is 12.1 Å². The average Bonchev–Trinajstić information content (AvgIpc) is 2.65. The Balaban J connectivity index is 2.23. The highest BCUT2D eigenvalue weighted by Crippen LogP contribution is 2.33. The summed E-state index contributed by atoms with van der Waals surface area (Å²) >= 11 is 7.03. The lowest BCUT2D eigenvalue weighted by Crippen LogP contribution is -1.88. The quantitative estimate of drug-likeness (QED) is 0.823. The van der Waals surface area contributed by atoms with Crippen LogP contribution < -0.4 is 9.47 Å². The van der Waals surface area contributed by atoms with Crippen molar-refractivity contribution in [3.8, 4) is 16.7 Å². The molecule has 1 heterocycles. The molecule has 0 saturated carbocycles. The van der Waals surface area contributed by atoms with Gasteiger partial charge in [-0.2, -0.15) is 4.98 Å². The van der Waals surface area contributed by atoms with Crippen LogP contribution in [0.1, 0.15) is 0 Å². The van der Waals surface area contributed by atoms with Gasteiger partial charge in [0.25, 0.3) is 5.19 Å². The second kappa shape index (κ2) is 4.51. The van der Waals surface area contributed by atoms with Crippen LogP contribution in [0.4, 0.5) is 0 Å². The second-order valence-corrected chi connectivity index (χ2v) is 3.90. The van der Waals surface area contributed by atoms with Gasteiger partial charge in [-0.15, -0.1) is 0 Å². The summed E-state index contributed by atoms with van der Waals surface area (Å²) in [6, 6.07) is 7.38. The van der Waals surface area contributed by atoms with Crippen LogP contribution in [-0.2, 0) is 0 Å². The Hall–Kier alpha value is -1.26. The zero-order valence-corrected chi connectivity index (χ0v) is 9.51. The normalized spacial score (nSPS) is 10.0. The number of rotatable bonds is 3. The first-order valence-electron chi connectivity index (χ1n) is 4.21. The molecule has 0 atom stereocenters. The van der Waals surface area contributed by atoms with E-state index in [2.05, 4.69) is 4.98 Å². The van der Waals surface area contributed by atoms with Crippen molar-refractivity contribution in [3.05, 3.63) is 34.8 Å². The maximum atomic E-state index is 5.69. The molecule has 2 aromatic rings. The van der Waals surface area contributed by atoms with E-state index in [1.165, 1.54) is 11.3 Å². The molecule has 0 fully saturated rings. The highest BCUT2D eigenvalue weighted by atomic mass is 35.5. The molecule has 0 bridgehead atoms. The first-order chi connectivity index (χ1) is 7.29. The van der Waals surface area contributed by atoms with Crippen LogP contribution in [0.5, 0.6) is 16.7 Å². The molecule has 0 aliphatic carbocycles. The largest absolute Gasteiger partial charge is 0.493 e. The fraction of sp³-hybridized carbons (Fsp3) is 0.100. The maximum absolute atomic E-state index is 5.69. The Bertz CT molecular complexity index is 458. The van der Waals surface area contributed by atoms with Gasteiger partial charge in [-0.05, 0) is 12.1 Å². The van der Waals surface area contributed by atoms with Gasteiger partial charge >= 0.3 is 0 Å². The first-order valence-corrected chi connectivity index (χ1v) is 5.47. The van der Waals surface area contributed by atoms with Crippen molar-refractivity contribution in [1.82, 2.24) is 4.98 Å². The summed E-state index contributed by atoms with van der Waals surface area (Å²) < 4.78 is 10.7. The number of thiazole rings is 1. The molecule has 0 saturated heterocycles. The highest BCUT2D eigenvalue weighted by molar-refractivity contribution is 7.11. The molecular formula is C10H8ClNO2S. The lowest BCUT2D eigenvalue weighted by atomic mass is 10.3. The molecule has 1 aromatic heterocycles. The van der Waals surface area contributed by atoms with E-state index < -0.39 is 0 Å². The molecule has 1 aromatic carbocycles. The standard InChI is InChI=1S/C10H8ClNO2S/c1-13-7-4-2-3-5-8(7)14-10-12-9(11)6-15-10/h2-6H,1H3. The van der Waals surface area contributed by atoms with Crippen LogP contribution >= 0.6 is 22.9 Å². The fourth-order valence-electron chi connectivity index (χ4n) is 1.08. The van der Waals surface area contributed by atoms with E-state index in [-0.39, 0.29) is 0 Å². The van der Waals surface area contributed by atoms with E-state index in [1.807, 2.05) is 24.3 Å². The number of ether oxygens (including phenoxy) is 2. The molecule has 0 spiro atoms. The third-order valence-corrected chi connectivity index (χ3v) is 2.76. The van der Waals surface area contributed by atoms with Gasteiger partial charge < -0.3 is 9.47 Å². The monoisotopic (exact) mass is 241 g/mol. The molecule has 0 N–H and O–H groups in total. The summed E-state index contributed by atoms with van der Waals surface area (Å²) in [7, 11) is 1.59. The molecular weight excluding hydrogens is 234 g/mol. The van der Waals surface area contributed by atoms with Crippen LogP contribution in [0.2, 0.25) is 5.15 Å². The number of methoxy groups -OCH3 is 1. The minimum Gasteiger partial charge on any atom is -0.493 e. The van der Waals surface area contributed by atoms with E-state index in [9.17, 15) is 0 Å². The molecule has 5 heteroatoms. The van der Waals surface area contributed by atoms with Gasteiger partial charge in [0.05, 0.1) is 7.11 Å². The molecule has 0 aliphatic heterocycles. The van der Waals surface area contributed by atoms with E-state index in [0.29, 0.717) is 21.8 Å². The van der Waals surface area contributed by atoms with E-state index in [4.69, 9.17) is 21.1 Å². The van der Waals surface area contributed by atoms with Gasteiger partial charge in [0, 0.05) is 5.38 Å². The van der Waals surface area contributed by atoms with Crippen molar-refractivity contribution in [1.29, 1.82) is 0 Å². The SMILES string of the molecule is COc1ccccc1Oc1nc(Cl)cs1. The summed E-state index contributed by atoms with van der Waals surface area (Å²) in [5.41, 5.74) is 0. The van der Waals surface area contributed by atoms with Crippen LogP contribution in [0.3, 0.4) is 0 Å². The Labute approximate surface area is 96.2 Å². The van der Waals surface area contributed by atoms with Crippen molar-refractivity contribution in [2.24, 2.45) is 0 Å². The molecule has 0 radical (unpaired) electrons. The number of benzene rings is 1. The van der Waals surface area contributed by atoms with Gasteiger partial charge in [-0.25, -0.2) is 0 Å². The van der Waals surface area contributed by atoms with Crippen molar-refractivity contribution in [2.45, 2.75) is 0 Å². The predicted molar refractivity (Wildman–Crippen MR) is 60.2 cm³/mol. The summed E-state index contributed by atoms with van der Waals surface area (Å²) in [5, 5.41) is 2.65. The predicted octanol–water partition coefficient (Wildman–Crippen LogP) is 3.60. The molecule has 2 rings (SSSR count). The topological polar surface area (TPSA) is 31.4 Å². The van der Waals surface area contributed by atoms with Crippen LogP contribution in [0.15, 0.2) is 29.6 Å². The smallest absolute Gasteiger partial charge is 0.280 e. The highest BCUT2D eigenvalue weighted by Gasteiger charge is 2.06. The van der Waals surface area contributed by atoms with Gasteiger partial charge in [0.2, 0.25) is 0 Å². The van der Waals surface area contributed by atoms with Crippen molar-refractivity contribution < 1.29 is 9.47 Å². The minimum atomic E-state index is 0.435. The number of aromatic nitrogens is 1.